The van der Waals surface area contributed by atoms with Crippen molar-refractivity contribution in [2.24, 2.45) is 0 Å². The van der Waals surface area contributed by atoms with Gasteiger partial charge in [0, 0.05) is 50.2 Å². The summed E-state index contributed by atoms with van der Waals surface area (Å²) in [4.78, 5) is 27.4. The molecule has 0 atom stereocenters. The van der Waals surface area contributed by atoms with E-state index in [0.717, 1.165) is 10.3 Å². The van der Waals surface area contributed by atoms with Gasteiger partial charge in [0.15, 0.2) is 0 Å². The number of halogens is 2. The molecule has 0 fully saturated rings. The van der Waals surface area contributed by atoms with Crippen molar-refractivity contribution in [1.29, 1.82) is 0 Å². The van der Waals surface area contributed by atoms with Crippen molar-refractivity contribution in [2.75, 3.05) is 18.9 Å². The first-order valence-electron chi connectivity index (χ1n) is 7.90. The Morgan fingerprint density at radius 1 is 1.38 bits per heavy atom. The Morgan fingerprint density at radius 3 is 2.69 bits per heavy atom. The van der Waals surface area contributed by atoms with Crippen LogP contribution in [-0.4, -0.2) is 38.9 Å². The molecule has 1 amide bonds. The number of carbonyl (C=O) groups excluding carboxylic acids is 1. The molecular weight excluding hydrogens is 348 g/mol. The summed E-state index contributed by atoms with van der Waals surface area (Å²) in [5.74, 6) is -0.0563. The van der Waals surface area contributed by atoms with Crippen molar-refractivity contribution in [3.63, 3.8) is 0 Å². The highest BCUT2D eigenvalue weighted by Gasteiger charge is 2.15. The number of alkyl halides is 2. The number of nitro groups is 1. The number of nitro benzene ring substituents is 1. The number of nitrogens with one attached hydrogen (secondary N) is 1. The number of imidazole rings is 1. The van der Waals surface area contributed by atoms with Crippen LogP contribution in [0.5, 0.6) is 0 Å². The monoisotopic (exact) mass is 367 g/mol. The first-order chi connectivity index (χ1) is 12.4. The normalized spacial score (nSPS) is 10.8. The zero-order chi connectivity index (χ0) is 19.1. The van der Waals surface area contributed by atoms with Gasteiger partial charge in [-0.2, -0.15) is 8.78 Å². The maximum Gasteiger partial charge on any atom is 0.319 e. The van der Waals surface area contributed by atoms with Crippen molar-refractivity contribution in [2.45, 2.75) is 25.9 Å². The first kappa shape index (κ1) is 19.3. The van der Waals surface area contributed by atoms with Crippen LogP contribution in [0.4, 0.5) is 20.2 Å². The number of amides is 1. The molecule has 1 heterocycles. The summed E-state index contributed by atoms with van der Waals surface area (Å²) < 4.78 is 26.3. The quantitative estimate of drug-likeness (QED) is 0.418. The lowest BCUT2D eigenvalue weighted by Crippen LogP contribution is -2.28. The summed E-state index contributed by atoms with van der Waals surface area (Å²) in [7, 11) is 1.54. The van der Waals surface area contributed by atoms with Crippen LogP contribution in [0.25, 0.3) is 0 Å². The van der Waals surface area contributed by atoms with E-state index in [1.165, 1.54) is 36.5 Å². The van der Waals surface area contributed by atoms with Gasteiger partial charge in [-0.3, -0.25) is 19.5 Å². The third-order valence-electron chi connectivity index (χ3n) is 3.74. The molecule has 0 saturated carbocycles. The molecule has 0 saturated heterocycles. The van der Waals surface area contributed by atoms with E-state index in [4.69, 9.17) is 0 Å². The summed E-state index contributed by atoms with van der Waals surface area (Å²) in [5, 5.41) is 13.6. The number of nitrogens with zero attached hydrogens (tertiary/aromatic N) is 4. The van der Waals surface area contributed by atoms with E-state index in [1.807, 2.05) is 0 Å². The molecule has 8 nitrogen and oxygen atoms in total. The highest BCUT2D eigenvalue weighted by atomic mass is 19.3. The Labute approximate surface area is 148 Å². The van der Waals surface area contributed by atoms with Gasteiger partial charge in [-0.25, -0.2) is 4.98 Å². The number of non-ortho nitro benzene ring substituents is 1. The number of hydrogen-bond acceptors (Lipinski definition) is 5. The van der Waals surface area contributed by atoms with Gasteiger partial charge in [-0.05, 0) is 18.6 Å². The Balaban J connectivity index is 1.74. The summed E-state index contributed by atoms with van der Waals surface area (Å²) in [6.45, 7) is -2.18. The van der Waals surface area contributed by atoms with Crippen LogP contribution >= 0.6 is 0 Å². The zero-order valence-electron chi connectivity index (χ0n) is 14.1. The molecule has 140 valence electrons. The smallest absolute Gasteiger partial charge is 0.319 e. The van der Waals surface area contributed by atoms with E-state index >= 15 is 0 Å². The third kappa shape index (κ3) is 5.23. The van der Waals surface area contributed by atoms with E-state index in [-0.39, 0.29) is 30.4 Å². The molecule has 0 spiro atoms. The number of benzene rings is 1. The molecule has 1 N–H and O–H groups in total. The standard InChI is InChI=1S/C16H19F2N5O3/c1-21(11-14-20-9-10-22(14)16(17)18)15(24)3-2-8-19-12-4-6-13(7-5-12)23(25)26/h4-7,9-10,16,19H,2-3,8,11H2,1H3. The molecule has 26 heavy (non-hydrogen) atoms. The van der Waals surface area contributed by atoms with Crippen molar-refractivity contribution < 1.29 is 18.5 Å². The number of carbonyl (C=O) groups is 1. The second-order valence-corrected chi connectivity index (χ2v) is 5.61. The van der Waals surface area contributed by atoms with Gasteiger partial charge in [0.05, 0.1) is 11.5 Å². The molecule has 0 aliphatic rings. The molecule has 10 heteroatoms. The fourth-order valence-electron chi connectivity index (χ4n) is 2.31. The third-order valence-corrected chi connectivity index (χ3v) is 3.74. The molecule has 0 aliphatic carbocycles. The summed E-state index contributed by atoms with van der Waals surface area (Å²) in [6, 6.07) is 5.98. The predicted octanol–water partition coefficient (Wildman–Crippen LogP) is 3.04. The number of anilines is 1. The molecule has 1 aromatic heterocycles. The van der Waals surface area contributed by atoms with E-state index in [1.54, 1.807) is 12.1 Å². The molecule has 0 radical (unpaired) electrons. The Kier molecular flexibility index (Phi) is 6.59. The van der Waals surface area contributed by atoms with Crippen molar-refractivity contribution in [1.82, 2.24) is 14.5 Å². The van der Waals surface area contributed by atoms with Gasteiger partial charge in [0.2, 0.25) is 5.91 Å². The predicted molar refractivity (Wildman–Crippen MR) is 90.8 cm³/mol. The van der Waals surface area contributed by atoms with E-state index in [9.17, 15) is 23.7 Å². The largest absolute Gasteiger partial charge is 0.385 e. The van der Waals surface area contributed by atoms with Crippen LogP contribution in [0, 0.1) is 10.1 Å². The molecule has 2 rings (SSSR count). The SMILES string of the molecule is CN(Cc1nccn1C(F)F)C(=O)CCCNc1ccc([N+](=O)[O-])cc1. The maximum atomic E-state index is 12.8. The van der Waals surface area contributed by atoms with E-state index in [2.05, 4.69) is 10.3 Å². The highest BCUT2D eigenvalue weighted by molar-refractivity contribution is 5.75. The van der Waals surface area contributed by atoms with Crippen LogP contribution in [0.2, 0.25) is 0 Å². The van der Waals surface area contributed by atoms with Gasteiger partial charge in [-0.1, -0.05) is 0 Å². The summed E-state index contributed by atoms with van der Waals surface area (Å²) in [6.07, 6.45) is 3.22. The van der Waals surface area contributed by atoms with E-state index in [0.29, 0.717) is 13.0 Å². The van der Waals surface area contributed by atoms with Crippen LogP contribution in [0.3, 0.4) is 0 Å². The van der Waals surface area contributed by atoms with Gasteiger partial charge >= 0.3 is 6.55 Å². The second-order valence-electron chi connectivity index (χ2n) is 5.61. The first-order valence-corrected chi connectivity index (χ1v) is 7.90. The van der Waals surface area contributed by atoms with Gasteiger partial charge in [0.25, 0.3) is 5.69 Å². The Morgan fingerprint density at radius 2 is 2.08 bits per heavy atom. The minimum Gasteiger partial charge on any atom is -0.385 e. The Bertz CT molecular complexity index is 749. The fourth-order valence-corrected chi connectivity index (χ4v) is 2.31. The van der Waals surface area contributed by atoms with Gasteiger partial charge in [-0.15, -0.1) is 0 Å². The zero-order valence-corrected chi connectivity index (χ0v) is 14.1. The fraction of sp³-hybridized carbons (Fsp3) is 0.375. The second kappa shape index (κ2) is 8.88. The van der Waals surface area contributed by atoms with Crippen LogP contribution in [0.1, 0.15) is 25.2 Å². The lowest BCUT2D eigenvalue weighted by molar-refractivity contribution is -0.384. The molecule has 1 aromatic carbocycles. The average Bonchev–Trinajstić information content (AvgIpc) is 3.07. The average molecular weight is 367 g/mol. The summed E-state index contributed by atoms with van der Waals surface area (Å²) in [5.41, 5.74) is 0.727. The van der Waals surface area contributed by atoms with Crippen LogP contribution in [-0.2, 0) is 11.3 Å². The maximum absolute atomic E-state index is 12.8. The van der Waals surface area contributed by atoms with Crippen molar-refractivity contribution >= 4 is 17.3 Å². The van der Waals surface area contributed by atoms with Crippen molar-refractivity contribution in [3.8, 4) is 0 Å². The van der Waals surface area contributed by atoms with Crippen LogP contribution in [0.15, 0.2) is 36.7 Å². The molecule has 0 aliphatic heterocycles. The Hall–Kier alpha value is -3.04. The highest BCUT2D eigenvalue weighted by Crippen LogP contribution is 2.16. The van der Waals surface area contributed by atoms with Gasteiger partial charge < -0.3 is 10.2 Å². The minimum absolute atomic E-state index is 0.00591. The molecule has 0 unspecified atom stereocenters. The number of aromatic nitrogens is 2. The van der Waals surface area contributed by atoms with E-state index < -0.39 is 11.5 Å². The number of rotatable bonds is 9. The topological polar surface area (TPSA) is 93.3 Å². The van der Waals surface area contributed by atoms with Gasteiger partial charge in [0.1, 0.15) is 5.82 Å². The summed E-state index contributed by atoms with van der Waals surface area (Å²) >= 11 is 0. The molecule has 2 aromatic rings. The van der Waals surface area contributed by atoms with Crippen molar-refractivity contribution in [3.05, 3.63) is 52.6 Å². The lowest BCUT2D eigenvalue weighted by Gasteiger charge is -2.17. The lowest BCUT2D eigenvalue weighted by atomic mass is 10.2. The minimum atomic E-state index is -2.69. The van der Waals surface area contributed by atoms with Crippen LogP contribution < -0.4 is 5.32 Å². The molecular formula is C16H19F2N5O3. The number of hydrogen-bond donors (Lipinski definition) is 1. The molecule has 0 bridgehead atoms.